The van der Waals surface area contributed by atoms with E-state index in [2.05, 4.69) is 34.6 Å². The van der Waals surface area contributed by atoms with E-state index in [0.717, 1.165) is 17.8 Å². The van der Waals surface area contributed by atoms with Crippen LogP contribution >= 0.6 is 0 Å². The third-order valence-corrected chi connectivity index (χ3v) is 4.48. The van der Waals surface area contributed by atoms with E-state index in [4.69, 9.17) is 0 Å². The van der Waals surface area contributed by atoms with Crippen LogP contribution in [0.4, 0.5) is 0 Å². The zero-order valence-corrected chi connectivity index (χ0v) is 9.35. The van der Waals surface area contributed by atoms with Crippen LogP contribution in [0.2, 0.25) is 0 Å². The molecule has 0 amide bonds. The highest BCUT2D eigenvalue weighted by molar-refractivity contribution is 4.88. The molecule has 0 radical (unpaired) electrons. The first-order valence-corrected chi connectivity index (χ1v) is 5.49. The molecule has 0 aliphatic heterocycles. The first kappa shape index (κ1) is 10.1. The van der Waals surface area contributed by atoms with Gasteiger partial charge in [0.1, 0.15) is 0 Å². The van der Waals surface area contributed by atoms with Gasteiger partial charge in [-0.25, -0.2) is 0 Å². The predicted molar refractivity (Wildman–Crippen MR) is 55.1 cm³/mol. The minimum Gasteiger partial charge on any atom is -0.0649 e. The van der Waals surface area contributed by atoms with E-state index in [1.54, 1.807) is 0 Å². The highest BCUT2D eigenvalue weighted by Crippen LogP contribution is 2.47. The molecular formula is C12H24. The summed E-state index contributed by atoms with van der Waals surface area (Å²) < 4.78 is 0. The first-order chi connectivity index (χ1) is 5.49. The third-order valence-electron chi connectivity index (χ3n) is 4.48. The van der Waals surface area contributed by atoms with Crippen molar-refractivity contribution in [2.45, 2.75) is 53.9 Å². The lowest BCUT2D eigenvalue weighted by atomic mass is 9.60. The maximum atomic E-state index is 2.47. The Kier molecular flexibility index (Phi) is 2.85. The van der Waals surface area contributed by atoms with Crippen molar-refractivity contribution in [3.05, 3.63) is 0 Å². The van der Waals surface area contributed by atoms with Gasteiger partial charge in [-0.1, -0.05) is 41.0 Å². The number of hydrogen-bond donors (Lipinski definition) is 0. The molecule has 1 rings (SSSR count). The number of hydrogen-bond acceptors (Lipinski definition) is 0. The molecule has 0 saturated heterocycles. The van der Waals surface area contributed by atoms with E-state index in [0.29, 0.717) is 5.41 Å². The maximum Gasteiger partial charge on any atom is -0.0300 e. The van der Waals surface area contributed by atoms with E-state index in [9.17, 15) is 0 Å². The maximum absolute atomic E-state index is 2.47. The van der Waals surface area contributed by atoms with E-state index < -0.39 is 0 Å². The zero-order chi connectivity index (χ0) is 9.35. The Morgan fingerprint density at radius 2 is 1.75 bits per heavy atom. The van der Waals surface area contributed by atoms with Gasteiger partial charge in [0, 0.05) is 0 Å². The van der Waals surface area contributed by atoms with Gasteiger partial charge in [-0.2, -0.15) is 0 Å². The molecule has 72 valence electrons. The van der Waals surface area contributed by atoms with Crippen molar-refractivity contribution in [2.75, 3.05) is 0 Å². The summed E-state index contributed by atoms with van der Waals surface area (Å²) >= 11 is 0. The van der Waals surface area contributed by atoms with Crippen LogP contribution in [0.25, 0.3) is 0 Å². The van der Waals surface area contributed by atoms with E-state index >= 15 is 0 Å². The van der Waals surface area contributed by atoms with Gasteiger partial charge in [-0.15, -0.1) is 0 Å². The molecule has 0 nitrogen and oxygen atoms in total. The van der Waals surface area contributed by atoms with Gasteiger partial charge in [0.25, 0.3) is 0 Å². The van der Waals surface area contributed by atoms with E-state index in [1.807, 2.05) is 0 Å². The summed E-state index contributed by atoms with van der Waals surface area (Å²) in [6.45, 7) is 12.1. The molecule has 0 aromatic heterocycles. The van der Waals surface area contributed by atoms with Gasteiger partial charge in [-0.05, 0) is 36.0 Å². The van der Waals surface area contributed by atoms with Crippen LogP contribution in [-0.4, -0.2) is 0 Å². The van der Waals surface area contributed by atoms with Crippen LogP contribution in [0.1, 0.15) is 53.9 Å². The van der Waals surface area contributed by atoms with E-state index in [-0.39, 0.29) is 0 Å². The largest absolute Gasteiger partial charge is 0.0649 e. The standard InChI is InChI=1S/C12H24/c1-6-12(5)8-10(3)9(2)7-11(12)4/h9-11H,6-8H2,1-5H3. The van der Waals surface area contributed by atoms with Crippen LogP contribution in [0.5, 0.6) is 0 Å². The highest BCUT2D eigenvalue weighted by Gasteiger charge is 2.37. The fourth-order valence-electron chi connectivity index (χ4n) is 2.71. The van der Waals surface area contributed by atoms with Crippen LogP contribution in [-0.2, 0) is 0 Å². The molecule has 0 aromatic carbocycles. The summed E-state index contributed by atoms with van der Waals surface area (Å²) in [4.78, 5) is 0. The Morgan fingerprint density at radius 3 is 2.25 bits per heavy atom. The van der Waals surface area contributed by atoms with Crippen molar-refractivity contribution in [2.24, 2.45) is 23.2 Å². The van der Waals surface area contributed by atoms with Crippen LogP contribution < -0.4 is 0 Å². The summed E-state index contributed by atoms with van der Waals surface area (Å²) in [5, 5.41) is 0. The molecule has 0 N–H and O–H groups in total. The van der Waals surface area contributed by atoms with Gasteiger partial charge in [0.05, 0.1) is 0 Å². The minimum atomic E-state index is 0.631. The average molecular weight is 168 g/mol. The summed E-state index contributed by atoms with van der Waals surface area (Å²) in [6.07, 6.45) is 4.22. The molecule has 12 heavy (non-hydrogen) atoms. The fourth-order valence-corrected chi connectivity index (χ4v) is 2.71. The monoisotopic (exact) mass is 168 g/mol. The molecule has 1 aliphatic carbocycles. The Bertz CT molecular complexity index is 150. The smallest absolute Gasteiger partial charge is 0.0300 e. The fraction of sp³-hybridized carbons (Fsp3) is 1.00. The topological polar surface area (TPSA) is 0 Å². The third kappa shape index (κ3) is 1.67. The van der Waals surface area contributed by atoms with Crippen molar-refractivity contribution in [1.29, 1.82) is 0 Å². The normalized spacial score (nSPS) is 49.2. The lowest BCUT2D eigenvalue weighted by Gasteiger charge is -2.45. The van der Waals surface area contributed by atoms with E-state index in [1.165, 1.54) is 19.3 Å². The summed E-state index contributed by atoms with van der Waals surface area (Å²) in [7, 11) is 0. The lowest BCUT2D eigenvalue weighted by molar-refractivity contribution is 0.0531. The second-order valence-corrected chi connectivity index (χ2v) is 5.30. The average Bonchev–Trinajstić information content (AvgIpc) is 2.01. The summed E-state index contributed by atoms with van der Waals surface area (Å²) in [6, 6.07) is 0. The van der Waals surface area contributed by atoms with Gasteiger partial charge in [-0.3, -0.25) is 0 Å². The second-order valence-electron chi connectivity index (χ2n) is 5.30. The molecule has 4 unspecified atom stereocenters. The molecule has 1 aliphatic rings. The van der Waals surface area contributed by atoms with Gasteiger partial charge in [0.2, 0.25) is 0 Å². The molecule has 4 atom stereocenters. The Morgan fingerprint density at radius 1 is 1.17 bits per heavy atom. The molecule has 1 fully saturated rings. The molecule has 0 heterocycles. The molecule has 1 saturated carbocycles. The van der Waals surface area contributed by atoms with Gasteiger partial charge >= 0.3 is 0 Å². The predicted octanol–water partition coefficient (Wildman–Crippen LogP) is 4.10. The molecule has 0 bridgehead atoms. The van der Waals surface area contributed by atoms with Crippen LogP contribution in [0, 0.1) is 23.2 Å². The highest BCUT2D eigenvalue weighted by atomic mass is 14.4. The molecule has 0 spiro atoms. The lowest BCUT2D eigenvalue weighted by Crippen LogP contribution is -2.35. The number of rotatable bonds is 1. The minimum absolute atomic E-state index is 0.631. The first-order valence-electron chi connectivity index (χ1n) is 5.49. The van der Waals surface area contributed by atoms with Crippen molar-refractivity contribution in [1.82, 2.24) is 0 Å². The van der Waals surface area contributed by atoms with Crippen molar-refractivity contribution in [3.63, 3.8) is 0 Å². The van der Waals surface area contributed by atoms with Crippen molar-refractivity contribution in [3.8, 4) is 0 Å². The van der Waals surface area contributed by atoms with Crippen molar-refractivity contribution >= 4 is 0 Å². The Balaban J connectivity index is 2.67. The van der Waals surface area contributed by atoms with Crippen molar-refractivity contribution < 1.29 is 0 Å². The summed E-state index contributed by atoms with van der Waals surface area (Å²) in [5.74, 6) is 2.81. The van der Waals surface area contributed by atoms with Crippen LogP contribution in [0.15, 0.2) is 0 Å². The molecule has 0 heteroatoms. The van der Waals surface area contributed by atoms with Gasteiger partial charge < -0.3 is 0 Å². The van der Waals surface area contributed by atoms with Gasteiger partial charge in [0.15, 0.2) is 0 Å². The van der Waals surface area contributed by atoms with Crippen LogP contribution in [0.3, 0.4) is 0 Å². The zero-order valence-electron chi connectivity index (χ0n) is 9.35. The summed E-state index contributed by atoms with van der Waals surface area (Å²) in [5.41, 5.74) is 0.631. The quantitative estimate of drug-likeness (QED) is 0.553. The Hall–Kier alpha value is 0. The SMILES string of the molecule is CCC1(C)CC(C)C(C)CC1C. The Labute approximate surface area is 77.7 Å². The second kappa shape index (κ2) is 3.40. The molecular weight excluding hydrogens is 144 g/mol. The molecule has 0 aromatic rings.